The first-order valence-electron chi connectivity index (χ1n) is 9.87. The van der Waals surface area contributed by atoms with Gasteiger partial charge in [0.25, 0.3) is 0 Å². The third-order valence-electron chi connectivity index (χ3n) is 5.22. The van der Waals surface area contributed by atoms with Crippen molar-refractivity contribution in [1.29, 1.82) is 0 Å². The number of nitrogens with zero attached hydrogens (tertiary/aromatic N) is 3. The molecule has 0 bridgehead atoms. The van der Waals surface area contributed by atoms with Crippen LogP contribution in [0.4, 0.5) is 4.39 Å². The van der Waals surface area contributed by atoms with E-state index in [1.807, 2.05) is 41.2 Å². The van der Waals surface area contributed by atoms with Gasteiger partial charge in [-0.15, -0.1) is 0 Å². The standard InChI is InChI=1S/C24H24FN3O/c1-3-27(4-2)16-21-15-26-28(24(21)20-13-14-29-17-20)23-11-7-19(8-12-23)18-5-9-22(25)10-6-18/h5-15,17H,3-4,16H2,1-2H3. The third-order valence-corrected chi connectivity index (χ3v) is 5.22. The van der Waals surface area contributed by atoms with E-state index in [1.54, 1.807) is 24.7 Å². The second kappa shape index (κ2) is 8.45. The second-order valence-corrected chi connectivity index (χ2v) is 6.96. The fraction of sp³-hybridized carbons (Fsp3) is 0.208. The Balaban J connectivity index is 1.71. The highest BCUT2D eigenvalue weighted by molar-refractivity contribution is 5.67. The van der Waals surface area contributed by atoms with E-state index in [9.17, 15) is 4.39 Å². The van der Waals surface area contributed by atoms with Crippen molar-refractivity contribution in [3.63, 3.8) is 0 Å². The number of furan rings is 1. The molecule has 0 unspecified atom stereocenters. The van der Waals surface area contributed by atoms with Crippen LogP contribution < -0.4 is 0 Å². The van der Waals surface area contributed by atoms with Crippen molar-refractivity contribution < 1.29 is 8.81 Å². The van der Waals surface area contributed by atoms with Crippen LogP contribution in [0.2, 0.25) is 0 Å². The second-order valence-electron chi connectivity index (χ2n) is 6.96. The monoisotopic (exact) mass is 389 g/mol. The van der Waals surface area contributed by atoms with Gasteiger partial charge in [0.1, 0.15) is 5.82 Å². The zero-order valence-electron chi connectivity index (χ0n) is 16.7. The van der Waals surface area contributed by atoms with Gasteiger partial charge < -0.3 is 4.42 Å². The summed E-state index contributed by atoms with van der Waals surface area (Å²) in [5, 5.41) is 4.68. The molecule has 0 fully saturated rings. The summed E-state index contributed by atoms with van der Waals surface area (Å²) in [6.07, 6.45) is 5.38. The minimum Gasteiger partial charge on any atom is -0.472 e. The van der Waals surface area contributed by atoms with E-state index in [4.69, 9.17) is 4.42 Å². The van der Waals surface area contributed by atoms with E-state index in [0.29, 0.717) is 0 Å². The number of rotatable bonds is 7. The van der Waals surface area contributed by atoms with Crippen LogP contribution in [0.5, 0.6) is 0 Å². The van der Waals surface area contributed by atoms with E-state index in [2.05, 4.69) is 23.8 Å². The molecule has 0 spiro atoms. The van der Waals surface area contributed by atoms with Crippen molar-refractivity contribution in [3.8, 4) is 28.1 Å². The van der Waals surface area contributed by atoms with Crippen LogP contribution in [0.1, 0.15) is 19.4 Å². The molecule has 0 aliphatic heterocycles. The van der Waals surface area contributed by atoms with Gasteiger partial charge in [0.2, 0.25) is 0 Å². The normalized spacial score (nSPS) is 11.3. The molecule has 29 heavy (non-hydrogen) atoms. The van der Waals surface area contributed by atoms with Gasteiger partial charge in [-0.05, 0) is 54.5 Å². The molecule has 0 radical (unpaired) electrons. The average Bonchev–Trinajstić information content (AvgIpc) is 3.42. The van der Waals surface area contributed by atoms with E-state index in [0.717, 1.165) is 53.3 Å². The maximum Gasteiger partial charge on any atom is 0.123 e. The third kappa shape index (κ3) is 4.00. The van der Waals surface area contributed by atoms with Gasteiger partial charge in [-0.3, -0.25) is 4.90 Å². The van der Waals surface area contributed by atoms with Crippen LogP contribution in [0, 0.1) is 5.82 Å². The predicted octanol–water partition coefficient (Wildman–Crippen LogP) is 5.78. The molecule has 4 nitrogen and oxygen atoms in total. The molecule has 5 heteroatoms. The quantitative estimate of drug-likeness (QED) is 0.402. The van der Waals surface area contributed by atoms with Crippen molar-refractivity contribution >= 4 is 0 Å². The minimum atomic E-state index is -0.229. The van der Waals surface area contributed by atoms with E-state index < -0.39 is 0 Å². The molecule has 0 N–H and O–H groups in total. The van der Waals surface area contributed by atoms with Gasteiger partial charge in [0.15, 0.2) is 0 Å². The molecule has 2 aromatic heterocycles. The summed E-state index contributed by atoms with van der Waals surface area (Å²) in [4.78, 5) is 2.36. The van der Waals surface area contributed by atoms with Crippen molar-refractivity contribution in [2.24, 2.45) is 0 Å². The maximum atomic E-state index is 13.2. The lowest BCUT2D eigenvalue weighted by Crippen LogP contribution is -2.22. The zero-order chi connectivity index (χ0) is 20.2. The molecular weight excluding hydrogens is 365 g/mol. The number of hydrogen-bond acceptors (Lipinski definition) is 3. The molecule has 0 amide bonds. The minimum absolute atomic E-state index is 0.229. The van der Waals surface area contributed by atoms with Crippen LogP contribution in [-0.4, -0.2) is 27.8 Å². The first-order chi connectivity index (χ1) is 14.2. The summed E-state index contributed by atoms with van der Waals surface area (Å²) in [6, 6.07) is 16.6. The number of halogens is 1. The Bertz CT molecular complexity index is 1050. The highest BCUT2D eigenvalue weighted by atomic mass is 19.1. The number of aromatic nitrogens is 2. The van der Waals surface area contributed by atoms with Crippen LogP contribution >= 0.6 is 0 Å². The SMILES string of the molecule is CCN(CC)Cc1cnn(-c2ccc(-c3ccc(F)cc3)cc2)c1-c1ccoc1. The summed E-state index contributed by atoms with van der Waals surface area (Å²) in [7, 11) is 0. The highest BCUT2D eigenvalue weighted by Gasteiger charge is 2.17. The van der Waals surface area contributed by atoms with Crippen molar-refractivity contribution in [2.75, 3.05) is 13.1 Å². The molecule has 148 valence electrons. The lowest BCUT2D eigenvalue weighted by Gasteiger charge is -2.18. The smallest absolute Gasteiger partial charge is 0.123 e. The summed E-state index contributed by atoms with van der Waals surface area (Å²) in [5.74, 6) is -0.229. The molecule has 0 aliphatic rings. The summed E-state index contributed by atoms with van der Waals surface area (Å²) in [5.41, 5.74) is 6.20. The van der Waals surface area contributed by atoms with Gasteiger partial charge in [-0.1, -0.05) is 38.1 Å². The molecule has 4 rings (SSSR count). The molecule has 2 heterocycles. The molecule has 4 aromatic rings. The Labute approximate surface area is 170 Å². The van der Waals surface area contributed by atoms with E-state index in [-0.39, 0.29) is 5.82 Å². The molecule has 0 aliphatic carbocycles. The number of benzene rings is 2. The predicted molar refractivity (Wildman–Crippen MR) is 113 cm³/mol. The molecule has 0 saturated carbocycles. The van der Waals surface area contributed by atoms with Gasteiger partial charge in [-0.25, -0.2) is 9.07 Å². The Kier molecular flexibility index (Phi) is 5.58. The zero-order valence-corrected chi connectivity index (χ0v) is 16.7. The van der Waals surface area contributed by atoms with Gasteiger partial charge in [-0.2, -0.15) is 5.10 Å². The summed E-state index contributed by atoms with van der Waals surface area (Å²) < 4.78 is 20.5. The molecule has 2 aromatic carbocycles. The number of hydrogen-bond donors (Lipinski definition) is 0. The molecular formula is C24H24FN3O. The Morgan fingerprint density at radius 3 is 2.14 bits per heavy atom. The largest absolute Gasteiger partial charge is 0.472 e. The summed E-state index contributed by atoms with van der Waals surface area (Å²) >= 11 is 0. The molecule has 0 atom stereocenters. The Morgan fingerprint density at radius 2 is 1.55 bits per heavy atom. The van der Waals surface area contributed by atoms with Crippen LogP contribution in [-0.2, 0) is 6.54 Å². The highest BCUT2D eigenvalue weighted by Crippen LogP contribution is 2.29. The van der Waals surface area contributed by atoms with Crippen LogP contribution in [0.3, 0.4) is 0 Å². The lowest BCUT2D eigenvalue weighted by molar-refractivity contribution is 0.296. The first kappa shape index (κ1) is 19.2. The fourth-order valence-electron chi connectivity index (χ4n) is 3.53. The van der Waals surface area contributed by atoms with Crippen molar-refractivity contribution in [3.05, 3.63) is 84.7 Å². The summed E-state index contributed by atoms with van der Waals surface area (Å²) in [6.45, 7) is 7.14. The van der Waals surface area contributed by atoms with Gasteiger partial charge in [0, 0.05) is 17.7 Å². The lowest BCUT2D eigenvalue weighted by atomic mass is 10.1. The van der Waals surface area contributed by atoms with Crippen molar-refractivity contribution in [1.82, 2.24) is 14.7 Å². The van der Waals surface area contributed by atoms with Crippen molar-refractivity contribution in [2.45, 2.75) is 20.4 Å². The maximum absolute atomic E-state index is 13.2. The van der Waals surface area contributed by atoms with E-state index in [1.165, 1.54) is 12.1 Å². The van der Waals surface area contributed by atoms with Crippen LogP contribution in [0.15, 0.2) is 77.7 Å². The fourth-order valence-corrected chi connectivity index (χ4v) is 3.53. The molecule has 0 saturated heterocycles. The Hall–Kier alpha value is -3.18. The Morgan fingerprint density at radius 1 is 0.897 bits per heavy atom. The topological polar surface area (TPSA) is 34.2 Å². The van der Waals surface area contributed by atoms with E-state index >= 15 is 0 Å². The van der Waals surface area contributed by atoms with Gasteiger partial charge in [0.05, 0.1) is 30.1 Å². The average molecular weight is 389 g/mol. The first-order valence-corrected chi connectivity index (χ1v) is 9.87. The van der Waals surface area contributed by atoms with Crippen LogP contribution in [0.25, 0.3) is 28.1 Å². The van der Waals surface area contributed by atoms with Gasteiger partial charge >= 0.3 is 0 Å².